The molecule has 0 spiro atoms. The number of sulfonamides is 1. The van der Waals surface area contributed by atoms with Crippen molar-refractivity contribution in [2.24, 2.45) is 11.8 Å². The van der Waals surface area contributed by atoms with Gasteiger partial charge in [-0.3, -0.25) is 9.59 Å². The molecular formula is C14H17NO4S. The van der Waals surface area contributed by atoms with E-state index in [9.17, 15) is 18.0 Å². The third-order valence-corrected chi connectivity index (χ3v) is 4.96. The molecule has 1 aromatic rings. The minimum Gasteiger partial charge on any atom is -0.300 e. The molecule has 1 aliphatic carbocycles. The molecule has 5 nitrogen and oxygen atoms in total. The van der Waals surface area contributed by atoms with E-state index in [0.717, 1.165) is 0 Å². The van der Waals surface area contributed by atoms with Crippen LogP contribution in [0.5, 0.6) is 0 Å². The molecule has 0 radical (unpaired) electrons. The molecule has 1 aliphatic rings. The minimum atomic E-state index is -3.83. The first-order chi connectivity index (χ1) is 9.40. The Morgan fingerprint density at radius 2 is 1.90 bits per heavy atom. The molecule has 1 saturated carbocycles. The molecule has 0 heterocycles. The van der Waals surface area contributed by atoms with E-state index in [1.807, 2.05) is 0 Å². The Hall–Kier alpha value is -1.69. The molecule has 6 heteroatoms. The van der Waals surface area contributed by atoms with E-state index in [2.05, 4.69) is 4.72 Å². The fourth-order valence-electron chi connectivity index (χ4n) is 2.46. The Balaban J connectivity index is 2.10. The summed E-state index contributed by atoms with van der Waals surface area (Å²) in [6.07, 6.45) is 1.09. The van der Waals surface area contributed by atoms with Gasteiger partial charge in [0, 0.05) is 18.8 Å². The van der Waals surface area contributed by atoms with Crippen LogP contribution in [0.15, 0.2) is 35.2 Å². The largest absolute Gasteiger partial charge is 0.300 e. The number of carbonyl (C=O) groups excluding carboxylic acids is 2. The third kappa shape index (κ3) is 3.25. The number of benzene rings is 1. The summed E-state index contributed by atoms with van der Waals surface area (Å²) in [6.45, 7) is 1.80. The van der Waals surface area contributed by atoms with Gasteiger partial charge >= 0.3 is 0 Å². The molecule has 1 N–H and O–H groups in total. The fraction of sp³-hybridized carbons (Fsp3) is 0.429. The summed E-state index contributed by atoms with van der Waals surface area (Å²) < 4.78 is 26.2. The van der Waals surface area contributed by atoms with Crippen molar-refractivity contribution in [3.63, 3.8) is 0 Å². The van der Waals surface area contributed by atoms with Crippen molar-refractivity contribution in [2.75, 3.05) is 0 Å². The van der Waals surface area contributed by atoms with E-state index in [1.165, 1.54) is 12.1 Å². The summed E-state index contributed by atoms with van der Waals surface area (Å²) >= 11 is 0. The topological polar surface area (TPSA) is 80.3 Å². The van der Waals surface area contributed by atoms with Crippen LogP contribution in [0.3, 0.4) is 0 Å². The van der Waals surface area contributed by atoms with Crippen LogP contribution in [0.1, 0.15) is 26.2 Å². The molecule has 0 aliphatic heterocycles. The lowest BCUT2D eigenvalue weighted by Crippen LogP contribution is -2.40. The van der Waals surface area contributed by atoms with Gasteiger partial charge < -0.3 is 0 Å². The first-order valence-corrected chi connectivity index (χ1v) is 8.02. The van der Waals surface area contributed by atoms with Crippen molar-refractivity contribution in [3.05, 3.63) is 30.3 Å². The third-order valence-electron chi connectivity index (χ3n) is 3.60. The lowest BCUT2D eigenvalue weighted by molar-refractivity contribution is -0.129. The number of ketones is 1. The lowest BCUT2D eigenvalue weighted by atomic mass is 9.79. The Morgan fingerprint density at radius 1 is 1.25 bits per heavy atom. The maximum absolute atomic E-state index is 12.1. The molecule has 108 valence electrons. The zero-order chi connectivity index (χ0) is 14.8. The Morgan fingerprint density at radius 3 is 2.50 bits per heavy atom. The number of nitrogens with one attached hydrogen (secondary N) is 1. The molecular weight excluding hydrogens is 278 g/mol. The van der Waals surface area contributed by atoms with Gasteiger partial charge in [-0.15, -0.1) is 0 Å². The van der Waals surface area contributed by atoms with Crippen LogP contribution in [0, 0.1) is 11.8 Å². The summed E-state index contributed by atoms with van der Waals surface area (Å²) in [6, 6.07) is 7.77. The van der Waals surface area contributed by atoms with E-state index < -0.39 is 21.8 Å². The van der Waals surface area contributed by atoms with Crippen molar-refractivity contribution in [1.29, 1.82) is 0 Å². The van der Waals surface area contributed by atoms with Gasteiger partial charge in [0.1, 0.15) is 5.78 Å². The summed E-state index contributed by atoms with van der Waals surface area (Å²) in [5, 5.41) is 0. The zero-order valence-electron chi connectivity index (χ0n) is 11.2. The molecule has 0 saturated heterocycles. The standard InChI is InChI=1S/C14H17NO4S/c1-10-9-11(16)7-8-13(10)14(17)15-20(18,19)12-5-3-2-4-6-12/h2-6,10,13H,7-9H2,1H3,(H,15,17). The van der Waals surface area contributed by atoms with E-state index in [4.69, 9.17) is 0 Å². The quantitative estimate of drug-likeness (QED) is 0.916. The highest BCUT2D eigenvalue weighted by atomic mass is 32.2. The maximum Gasteiger partial charge on any atom is 0.264 e. The van der Waals surface area contributed by atoms with Gasteiger partial charge in [0.15, 0.2) is 0 Å². The Labute approximate surface area is 118 Å². The second-order valence-electron chi connectivity index (χ2n) is 5.15. The van der Waals surface area contributed by atoms with Crippen LogP contribution in [0.4, 0.5) is 0 Å². The number of rotatable bonds is 3. The van der Waals surface area contributed by atoms with Crippen molar-refractivity contribution < 1.29 is 18.0 Å². The number of amides is 1. The van der Waals surface area contributed by atoms with Gasteiger partial charge in [-0.2, -0.15) is 0 Å². The van der Waals surface area contributed by atoms with E-state index in [-0.39, 0.29) is 16.6 Å². The number of Topliss-reactive ketones (excluding diaryl/α,β-unsaturated/α-hetero) is 1. The molecule has 1 aromatic carbocycles. The van der Waals surface area contributed by atoms with Crippen LogP contribution < -0.4 is 4.72 Å². The second-order valence-corrected chi connectivity index (χ2v) is 6.83. The molecule has 0 aromatic heterocycles. The molecule has 2 atom stereocenters. The van der Waals surface area contributed by atoms with Crippen molar-refractivity contribution >= 4 is 21.7 Å². The van der Waals surface area contributed by atoms with Crippen LogP contribution >= 0.6 is 0 Å². The van der Waals surface area contributed by atoms with Gasteiger partial charge in [-0.25, -0.2) is 13.1 Å². The molecule has 1 amide bonds. The van der Waals surface area contributed by atoms with E-state index >= 15 is 0 Å². The monoisotopic (exact) mass is 295 g/mol. The lowest BCUT2D eigenvalue weighted by Gasteiger charge is -2.26. The van der Waals surface area contributed by atoms with Gasteiger partial charge in [0.2, 0.25) is 5.91 Å². The smallest absolute Gasteiger partial charge is 0.264 e. The number of carbonyl (C=O) groups is 2. The summed E-state index contributed by atoms with van der Waals surface area (Å²) in [7, 11) is -3.83. The predicted octanol–water partition coefficient (Wildman–Crippen LogP) is 1.50. The summed E-state index contributed by atoms with van der Waals surface area (Å²) in [5.74, 6) is -0.935. The summed E-state index contributed by atoms with van der Waals surface area (Å²) in [4.78, 5) is 23.5. The first-order valence-electron chi connectivity index (χ1n) is 6.53. The average molecular weight is 295 g/mol. The maximum atomic E-state index is 12.1. The fourth-order valence-corrected chi connectivity index (χ4v) is 3.51. The van der Waals surface area contributed by atoms with Crippen molar-refractivity contribution in [2.45, 2.75) is 31.1 Å². The van der Waals surface area contributed by atoms with E-state index in [0.29, 0.717) is 19.3 Å². The summed E-state index contributed by atoms with van der Waals surface area (Å²) in [5.41, 5.74) is 0. The second kappa shape index (κ2) is 5.75. The van der Waals surface area contributed by atoms with Crippen LogP contribution in [-0.2, 0) is 19.6 Å². The van der Waals surface area contributed by atoms with Gasteiger partial charge in [0.05, 0.1) is 4.90 Å². The molecule has 2 unspecified atom stereocenters. The highest BCUT2D eigenvalue weighted by molar-refractivity contribution is 7.90. The number of hydrogen-bond acceptors (Lipinski definition) is 4. The predicted molar refractivity (Wildman–Crippen MR) is 73.3 cm³/mol. The average Bonchev–Trinajstić information content (AvgIpc) is 2.39. The van der Waals surface area contributed by atoms with Crippen molar-refractivity contribution in [1.82, 2.24) is 4.72 Å². The minimum absolute atomic E-state index is 0.0629. The molecule has 20 heavy (non-hydrogen) atoms. The first kappa shape index (κ1) is 14.7. The van der Waals surface area contributed by atoms with Gasteiger partial charge in [-0.1, -0.05) is 25.1 Å². The molecule has 0 bridgehead atoms. The highest BCUT2D eigenvalue weighted by Gasteiger charge is 2.33. The number of hydrogen-bond donors (Lipinski definition) is 1. The zero-order valence-corrected chi connectivity index (χ0v) is 12.0. The normalized spacial score (nSPS) is 23.4. The molecule has 1 fully saturated rings. The SMILES string of the molecule is CC1CC(=O)CCC1C(=O)NS(=O)(=O)c1ccccc1. The van der Waals surface area contributed by atoms with E-state index in [1.54, 1.807) is 25.1 Å². The van der Waals surface area contributed by atoms with Crippen LogP contribution in [0.2, 0.25) is 0 Å². The van der Waals surface area contributed by atoms with Crippen LogP contribution in [0.25, 0.3) is 0 Å². The van der Waals surface area contributed by atoms with Crippen LogP contribution in [-0.4, -0.2) is 20.1 Å². The Bertz CT molecular complexity index is 609. The van der Waals surface area contributed by atoms with Gasteiger partial charge in [0.25, 0.3) is 10.0 Å². The Kier molecular flexibility index (Phi) is 4.23. The van der Waals surface area contributed by atoms with Gasteiger partial charge in [-0.05, 0) is 24.5 Å². The molecule has 2 rings (SSSR count). The van der Waals surface area contributed by atoms with Crippen molar-refractivity contribution in [3.8, 4) is 0 Å². The highest BCUT2D eigenvalue weighted by Crippen LogP contribution is 2.28.